The monoisotopic (exact) mass is 331 g/mol. The van der Waals surface area contributed by atoms with Crippen LogP contribution in [-0.2, 0) is 0 Å². The van der Waals surface area contributed by atoms with Crippen molar-refractivity contribution < 1.29 is 71.7 Å². The molecule has 0 saturated heterocycles. The number of hydrogen-bond donors (Lipinski definition) is 3. The zero-order chi connectivity index (χ0) is 10.7. The van der Waals surface area contributed by atoms with Crippen molar-refractivity contribution in [3.05, 3.63) is 30.3 Å². The van der Waals surface area contributed by atoms with E-state index in [0.29, 0.717) is 0 Å². The second-order valence-corrected chi connectivity index (χ2v) is 0.714. The van der Waals surface area contributed by atoms with E-state index < -0.39 is 15.3 Å². The van der Waals surface area contributed by atoms with Gasteiger partial charge >= 0.3 is 40.8 Å². The first kappa shape index (κ1) is 22.7. The van der Waals surface area contributed by atoms with Crippen LogP contribution in [0.5, 0.6) is 0 Å². The van der Waals surface area contributed by atoms with Gasteiger partial charge in [-0.1, -0.05) is 0 Å². The molecule has 0 aliphatic rings. The van der Waals surface area contributed by atoms with Crippen LogP contribution >= 0.6 is 0 Å². The molecule has 0 aliphatic heterocycles. The fraction of sp³-hybridized carbons (Fsp3) is 0. The van der Waals surface area contributed by atoms with Gasteiger partial charge < -0.3 is 15.6 Å². The first-order chi connectivity index (χ1) is 5.20. The Kier molecular flexibility index (Phi) is 29.9. The van der Waals surface area contributed by atoms with Gasteiger partial charge in [0.05, 0.1) is 0 Å². The summed E-state index contributed by atoms with van der Waals surface area (Å²) in [6.45, 7) is 0. The van der Waals surface area contributed by atoms with E-state index in [0.717, 1.165) is 0 Å². The molecule has 73 valence electrons. The van der Waals surface area contributed by atoms with Crippen LogP contribution < -0.4 is 0 Å². The van der Waals surface area contributed by atoms with E-state index in [1.165, 1.54) is 0 Å². The molecule has 0 aliphatic carbocycles. The van der Waals surface area contributed by atoms with E-state index in [-0.39, 0.29) is 40.8 Å². The summed E-state index contributed by atoms with van der Waals surface area (Å²) in [6.07, 6.45) is 0. The predicted molar refractivity (Wildman–Crippen MR) is 26.3 cm³/mol. The Morgan fingerprint density at radius 1 is 0.692 bits per heavy atom. The van der Waals surface area contributed by atoms with E-state index in [2.05, 4.69) is 0 Å². The topological polar surface area (TPSA) is 190 Å². The minimum atomic E-state index is -1.50. The summed E-state index contributed by atoms with van der Waals surface area (Å²) in [5, 5.41) is 40.9. The molecule has 1 radical (unpaired) electrons. The molecule has 13 heavy (non-hydrogen) atoms. The summed E-state index contributed by atoms with van der Waals surface area (Å²) in [7, 11) is 0. The maximum absolute atomic E-state index is 8.36. The van der Waals surface area contributed by atoms with Crippen LogP contribution in [0.15, 0.2) is 0 Å². The number of nitrogens with zero attached hydrogens (tertiary/aromatic N) is 3. The third-order valence-corrected chi connectivity index (χ3v) is 0. The zero-order valence-corrected chi connectivity index (χ0v) is 8.84. The zero-order valence-electron chi connectivity index (χ0n) is 5.63. The fourth-order valence-corrected chi connectivity index (χ4v) is 0. The molecule has 0 aromatic rings. The first-order valence-electron chi connectivity index (χ1n) is 1.70. The molecular weight excluding hydrogens is 330 g/mol. The summed E-state index contributed by atoms with van der Waals surface area (Å²) in [5.41, 5.74) is 0. The van der Waals surface area contributed by atoms with Crippen molar-refractivity contribution >= 4 is 0 Å². The standard InChI is InChI=1S/3HNO3.Nd/c3*2-1(3)4;/h3*(H,2,3,4);/q;;;+3. The van der Waals surface area contributed by atoms with E-state index in [4.69, 9.17) is 46.0 Å². The largest absolute Gasteiger partial charge is 3.00 e. The molecule has 0 aromatic heterocycles. The quantitative estimate of drug-likeness (QED) is 0.367. The molecule has 13 heteroatoms. The maximum atomic E-state index is 8.36. The van der Waals surface area contributed by atoms with Crippen LogP contribution in [0, 0.1) is 71.2 Å². The van der Waals surface area contributed by atoms with Crippen LogP contribution in [0.1, 0.15) is 0 Å². The van der Waals surface area contributed by atoms with Crippen LogP contribution in [0.2, 0.25) is 0 Å². The van der Waals surface area contributed by atoms with Crippen molar-refractivity contribution in [2.75, 3.05) is 0 Å². The van der Waals surface area contributed by atoms with Gasteiger partial charge in [0.1, 0.15) is 0 Å². The predicted octanol–water partition coefficient (Wildman–Crippen LogP) is -1.04. The van der Waals surface area contributed by atoms with Crippen LogP contribution in [0.25, 0.3) is 0 Å². The SMILES string of the molecule is O=[N+]([O-])O.O=[N+]([O-])O.O=[N+]([O-])O.[Nd+3]. The smallest absolute Gasteiger partial charge is 0.328 e. The van der Waals surface area contributed by atoms with Crippen molar-refractivity contribution in [2.45, 2.75) is 0 Å². The molecule has 0 spiro atoms. The van der Waals surface area contributed by atoms with Gasteiger partial charge in [-0.3, -0.25) is 0 Å². The van der Waals surface area contributed by atoms with Crippen molar-refractivity contribution in [2.24, 2.45) is 0 Å². The first-order valence-corrected chi connectivity index (χ1v) is 1.70. The molecule has 0 aromatic carbocycles. The van der Waals surface area contributed by atoms with Gasteiger partial charge in [-0.15, -0.1) is 30.3 Å². The summed E-state index contributed by atoms with van der Waals surface area (Å²) in [5.74, 6) is 0. The summed E-state index contributed by atoms with van der Waals surface area (Å²) in [4.78, 5) is 25.1. The average molecular weight is 333 g/mol. The van der Waals surface area contributed by atoms with E-state index in [1.54, 1.807) is 0 Å². The number of hydrogen-bond acceptors (Lipinski definition) is 6. The Bertz CT molecular complexity index is 112. The Morgan fingerprint density at radius 2 is 0.692 bits per heavy atom. The average Bonchev–Trinajstić information content (AvgIpc) is 1.54. The van der Waals surface area contributed by atoms with Gasteiger partial charge in [0.25, 0.3) is 15.3 Å². The molecule has 0 atom stereocenters. The van der Waals surface area contributed by atoms with Crippen LogP contribution in [-0.4, -0.2) is 30.9 Å². The Hall–Kier alpha value is -1.05. The fourth-order valence-electron chi connectivity index (χ4n) is 0. The molecule has 0 fully saturated rings. The normalized spacial score (nSPS) is 5.54. The van der Waals surface area contributed by atoms with Crippen molar-refractivity contribution in [1.29, 1.82) is 0 Å². The second-order valence-electron chi connectivity index (χ2n) is 0.714. The molecule has 0 bridgehead atoms. The van der Waals surface area contributed by atoms with Crippen molar-refractivity contribution in [3.63, 3.8) is 0 Å². The molecule has 0 rings (SSSR count). The molecule has 12 nitrogen and oxygen atoms in total. The third-order valence-electron chi connectivity index (χ3n) is 0. The summed E-state index contributed by atoms with van der Waals surface area (Å²) in [6, 6.07) is 0. The molecule has 0 unspecified atom stereocenters. The molecular formula is H3N3NdO9+3. The van der Waals surface area contributed by atoms with E-state index in [9.17, 15) is 0 Å². The molecule has 3 N–H and O–H groups in total. The van der Waals surface area contributed by atoms with Gasteiger partial charge in [0, 0.05) is 0 Å². The van der Waals surface area contributed by atoms with E-state index in [1.807, 2.05) is 0 Å². The molecule has 0 heterocycles. The van der Waals surface area contributed by atoms with Gasteiger partial charge in [0.15, 0.2) is 0 Å². The minimum absolute atomic E-state index is 0. The van der Waals surface area contributed by atoms with Gasteiger partial charge in [-0.05, 0) is 0 Å². The van der Waals surface area contributed by atoms with Gasteiger partial charge in [-0.2, -0.15) is 0 Å². The minimum Gasteiger partial charge on any atom is -0.328 e. The van der Waals surface area contributed by atoms with Crippen molar-refractivity contribution in [3.8, 4) is 0 Å². The van der Waals surface area contributed by atoms with Gasteiger partial charge in [-0.25, -0.2) is 0 Å². The van der Waals surface area contributed by atoms with Gasteiger partial charge in [0.2, 0.25) is 0 Å². The summed E-state index contributed by atoms with van der Waals surface area (Å²) < 4.78 is 0. The Balaban J connectivity index is -0.0000000450. The van der Waals surface area contributed by atoms with E-state index >= 15 is 0 Å². The number of rotatable bonds is 0. The maximum Gasteiger partial charge on any atom is 3.00 e. The summed E-state index contributed by atoms with van der Waals surface area (Å²) >= 11 is 0. The second kappa shape index (κ2) is 17.2. The third kappa shape index (κ3) is 797. The Labute approximate surface area is 102 Å². The van der Waals surface area contributed by atoms with Crippen LogP contribution in [0.4, 0.5) is 0 Å². The Morgan fingerprint density at radius 3 is 0.692 bits per heavy atom. The van der Waals surface area contributed by atoms with Crippen LogP contribution in [0.3, 0.4) is 0 Å². The van der Waals surface area contributed by atoms with Crippen molar-refractivity contribution in [1.82, 2.24) is 0 Å². The molecule has 0 saturated carbocycles. The molecule has 0 amide bonds.